The van der Waals surface area contributed by atoms with Crippen LogP contribution in [0.1, 0.15) is 6.92 Å². The van der Waals surface area contributed by atoms with Gasteiger partial charge in [0.25, 0.3) is 0 Å². The van der Waals surface area contributed by atoms with Crippen LogP contribution in [0, 0.1) is 5.92 Å². The second kappa shape index (κ2) is 7.70. The van der Waals surface area contributed by atoms with Crippen LogP contribution < -0.4 is 0 Å². The molecule has 19 heavy (non-hydrogen) atoms. The lowest BCUT2D eigenvalue weighted by Crippen LogP contribution is -2.46. The largest absolute Gasteiger partial charge is 0.349 e. The molecule has 0 bridgehead atoms. The average Bonchev–Trinajstić information content (AvgIpc) is 2.31. The molecule has 0 spiro atoms. The van der Waals surface area contributed by atoms with E-state index in [0.29, 0.717) is 5.92 Å². The van der Waals surface area contributed by atoms with Crippen LogP contribution in [0.4, 0.5) is 0 Å². The molecule has 1 rings (SSSR count). The van der Waals surface area contributed by atoms with Crippen molar-refractivity contribution in [1.82, 2.24) is 19.6 Å². The van der Waals surface area contributed by atoms with Crippen molar-refractivity contribution < 1.29 is 0 Å². The Bertz CT molecular complexity index is 270. The molecule has 0 saturated carbocycles. The van der Waals surface area contributed by atoms with Crippen molar-refractivity contribution in [2.45, 2.75) is 6.92 Å². The van der Waals surface area contributed by atoms with Crippen LogP contribution in [0.15, 0.2) is 4.99 Å². The Morgan fingerprint density at radius 3 is 2.05 bits per heavy atom. The Balaban J connectivity index is 2.38. The zero-order valence-electron chi connectivity index (χ0n) is 13.6. The number of aliphatic imine (C=N–C) groups is 1. The normalized spacial score (nSPS) is 19.1. The summed E-state index contributed by atoms with van der Waals surface area (Å²) >= 11 is 0. The molecule has 5 nitrogen and oxygen atoms in total. The van der Waals surface area contributed by atoms with Gasteiger partial charge >= 0.3 is 0 Å². The lowest BCUT2D eigenvalue weighted by atomic mass is 10.1. The molecule has 1 saturated heterocycles. The van der Waals surface area contributed by atoms with Gasteiger partial charge in [0.2, 0.25) is 0 Å². The van der Waals surface area contributed by atoms with Gasteiger partial charge in [0, 0.05) is 67.5 Å². The monoisotopic (exact) mass is 269 g/mol. The summed E-state index contributed by atoms with van der Waals surface area (Å²) in [6.45, 7) is 9.12. The van der Waals surface area contributed by atoms with Crippen LogP contribution in [-0.4, -0.2) is 100 Å². The molecule has 0 aliphatic carbocycles. The number of hydrogen-bond donors (Lipinski definition) is 0. The van der Waals surface area contributed by atoms with Crippen LogP contribution in [0.25, 0.3) is 0 Å². The number of piperazine rings is 1. The number of rotatable bonds is 4. The zero-order chi connectivity index (χ0) is 14.4. The van der Waals surface area contributed by atoms with Crippen molar-refractivity contribution >= 4 is 5.96 Å². The van der Waals surface area contributed by atoms with Crippen molar-refractivity contribution in [3.05, 3.63) is 0 Å². The number of nitrogens with zero attached hydrogens (tertiary/aromatic N) is 5. The predicted octanol–water partition coefficient (Wildman–Crippen LogP) is 0.349. The van der Waals surface area contributed by atoms with Crippen LogP contribution in [0.3, 0.4) is 0 Å². The van der Waals surface area contributed by atoms with E-state index in [9.17, 15) is 0 Å². The Hall–Kier alpha value is -0.810. The highest BCUT2D eigenvalue weighted by Crippen LogP contribution is 2.05. The van der Waals surface area contributed by atoms with Crippen molar-refractivity contribution in [2.75, 3.05) is 74.5 Å². The minimum absolute atomic E-state index is 0.610. The van der Waals surface area contributed by atoms with E-state index in [1.54, 1.807) is 0 Å². The van der Waals surface area contributed by atoms with E-state index < -0.39 is 0 Å². The molecule has 0 N–H and O–H groups in total. The summed E-state index contributed by atoms with van der Waals surface area (Å²) in [5.74, 6) is 1.66. The molecule has 1 heterocycles. The molecular weight excluding hydrogens is 238 g/mol. The average molecular weight is 269 g/mol. The Kier molecular flexibility index (Phi) is 6.58. The first-order valence-electron chi connectivity index (χ1n) is 7.20. The standard InChI is InChI=1S/C14H31N5/c1-13(11-15-14(16(2)3)17(4)5)12-19-9-7-18(6)8-10-19/h13H,7-12H2,1-6H3. The quantitative estimate of drug-likeness (QED) is 0.543. The summed E-state index contributed by atoms with van der Waals surface area (Å²) in [6, 6.07) is 0. The fourth-order valence-electron chi connectivity index (χ4n) is 2.45. The summed E-state index contributed by atoms with van der Waals surface area (Å²) in [4.78, 5) is 13.8. The minimum Gasteiger partial charge on any atom is -0.349 e. The molecule has 0 aromatic carbocycles. The third-order valence-corrected chi connectivity index (χ3v) is 3.51. The number of guanidine groups is 1. The second-order valence-corrected chi connectivity index (χ2v) is 6.14. The van der Waals surface area contributed by atoms with Gasteiger partial charge in [-0.15, -0.1) is 0 Å². The van der Waals surface area contributed by atoms with Crippen molar-refractivity contribution in [2.24, 2.45) is 10.9 Å². The summed E-state index contributed by atoms with van der Waals surface area (Å²) < 4.78 is 0. The van der Waals surface area contributed by atoms with Gasteiger partial charge in [-0.3, -0.25) is 4.99 Å². The molecule has 1 aliphatic heterocycles. The van der Waals surface area contributed by atoms with E-state index in [-0.39, 0.29) is 0 Å². The first kappa shape index (κ1) is 16.2. The SMILES string of the molecule is CC(CN=C(N(C)C)N(C)C)CN1CCN(C)CC1. The smallest absolute Gasteiger partial charge is 0.195 e. The molecule has 0 aromatic rings. The Morgan fingerprint density at radius 1 is 1.05 bits per heavy atom. The van der Waals surface area contributed by atoms with E-state index in [0.717, 1.165) is 19.0 Å². The highest BCUT2D eigenvalue weighted by atomic mass is 15.3. The summed E-state index contributed by atoms with van der Waals surface area (Å²) in [5, 5.41) is 0. The third-order valence-electron chi connectivity index (χ3n) is 3.51. The van der Waals surface area contributed by atoms with Gasteiger partial charge in [0.15, 0.2) is 5.96 Å². The van der Waals surface area contributed by atoms with Gasteiger partial charge in [0.1, 0.15) is 0 Å². The molecule has 1 fully saturated rings. The predicted molar refractivity (Wildman–Crippen MR) is 82.8 cm³/mol. The molecule has 0 aromatic heterocycles. The molecule has 1 aliphatic rings. The maximum absolute atomic E-state index is 4.73. The van der Waals surface area contributed by atoms with E-state index in [1.807, 2.05) is 28.2 Å². The molecule has 0 radical (unpaired) electrons. The fraction of sp³-hybridized carbons (Fsp3) is 0.929. The van der Waals surface area contributed by atoms with Gasteiger partial charge < -0.3 is 19.6 Å². The minimum atomic E-state index is 0.610. The van der Waals surface area contributed by atoms with Gasteiger partial charge in [-0.1, -0.05) is 6.92 Å². The topological polar surface area (TPSA) is 25.3 Å². The zero-order valence-corrected chi connectivity index (χ0v) is 13.6. The Labute approximate surface area is 118 Å². The van der Waals surface area contributed by atoms with Gasteiger partial charge in [-0.2, -0.15) is 0 Å². The van der Waals surface area contributed by atoms with E-state index >= 15 is 0 Å². The maximum Gasteiger partial charge on any atom is 0.195 e. The van der Waals surface area contributed by atoms with Gasteiger partial charge in [-0.05, 0) is 13.0 Å². The summed E-state index contributed by atoms with van der Waals surface area (Å²) in [7, 11) is 10.4. The van der Waals surface area contributed by atoms with Crippen LogP contribution in [-0.2, 0) is 0 Å². The van der Waals surface area contributed by atoms with Crippen LogP contribution >= 0.6 is 0 Å². The van der Waals surface area contributed by atoms with Crippen LogP contribution in [0.5, 0.6) is 0 Å². The second-order valence-electron chi connectivity index (χ2n) is 6.14. The van der Waals surface area contributed by atoms with Gasteiger partial charge in [-0.25, -0.2) is 0 Å². The Morgan fingerprint density at radius 2 is 1.58 bits per heavy atom. The summed E-state index contributed by atoms with van der Waals surface area (Å²) in [5.41, 5.74) is 0. The first-order valence-corrected chi connectivity index (χ1v) is 7.20. The third kappa shape index (κ3) is 5.78. The molecule has 1 atom stereocenters. The van der Waals surface area contributed by atoms with E-state index in [4.69, 9.17) is 4.99 Å². The number of hydrogen-bond acceptors (Lipinski definition) is 3. The number of likely N-dealkylation sites (N-methyl/N-ethyl adjacent to an activating group) is 1. The van der Waals surface area contributed by atoms with Crippen molar-refractivity contribution in [3.8, 4) is 0 Å². The van der Waals surface area contributed by atoms with E-state index in [2.05, 4.69) is 33.6 Å². The highest BCUT2D eigenvalue weighted by Gasteiger charge is 2.16. The molecule has 112 valence electrons. The van der Waals surface area contributed by atoms with E-state index in [1.165, 1.54) is 26.2 Å². The first-order chi connectivity index (χ1) is 8.90. The fourth-order valence-corrected chi connectivity index (χ4v) is 2.45. The molecule has 0 amide bonds. The maximum atomic E-state index is 4.73. The molecular formula is C14H31N5. The van der Waals surface area contributed by atoms with Crippen molar-refractivity contribution in [3.63, 3.8) is 0 Å². The lowest BCUT2D eigenvalue weighted by molar-refractivity contribution is 0.140. The molecule has 1 unspecified atom stereocenters. The highest BCUT2D eigenvalue weighted by molar-refractivity contribution is 5.79. The van der Waals surface area contributed by atoms with Crippen molar-refractivity contribution in [1.29, 1.82) is 0 Å². The van der Waals surface area contributed by atoms with Gasteiger partial charge in [0.05, 0.1) is 0 Å². The van der Waals surface area contributed by atoms with Crippen LogP contribution in [0.2, 0.25) is 0 Å². The molecule has 5 heteroatoms. The summed E-state index contributed by atoms with van der Waals surface area (Å²) in [6.07, 6.45) is 0. The lowest BCUT2D eigenvalue weighted by Gasteiger charge is -2.33.